The first kappa shape index (κ1) is 29.5. The second-order valence-electron chi connectivity index (χ2n) is 17.8. The van der Waals surface area contributed by atoms with Crippen LogP contribution in [-0.2, 0) is 8.85 Å². The van der Waals surface area contributed by atoms with Gasteiger partial charge in [-0.15, -0.1) is 0 Å². The highest BCUT2D eigenvalue weighted by Crippen LogP contribution is 2.74. The highest BCUT2D eigenvalue weighted by molar-refractivity contribution is 6.74. The van der Waals surface area contributed by atoms with Gasteiger partial charge in [-0.2, -0.15) is 0 Å². The van der Waals surface area contributed by atoms with E-state index in [0.717, 1.165) is 18.9 Å². The number of hydrogen-bond donors (Lipinski definition) is 1. The Morgan fingerprint density at radius 1 is 0.921 bits per heavy atom. The number of aliphatic hydroxyl groups excluding tert-OH is 1. The zero-order valence-electron chi connectivity index (χ0n) is 26.9. The van der Waals surface area contributed by atoms with Crippen LogP contribution in [-0.4, -0.2) is 40.6 Å². The first-order chi connectivity index (χ1) is 17.2. The second kappa shape index (κ2) is 9.03. The lowest BCUT2D eigenvalue weighted by molar-refractivity contribution is -0.107. The fraction of sp³-hybridized carbons (Fsp3) is 0.939. The molecule has 0 heterocycles. The predicted molar refractivity (Wildman–Crippen MR) is 164 cm³/mol. The molecule has 0 unspecified atom stereocenters. The van der Waals surface area contributed by atoms with Crippen molar-refractivity contribution in [2.45, 2.75) is 142 Å². The van der Waals surface area contributed by atoms with Gasteiger partial charge < -0.3 is 14.0 Å². The van der Waals surface area contributed by atoms with Crippen LogP contribution in [0.5, 0.6) is 0 Å². The molecule has 5 rings (SSSR count). The van der Waals surface area contributed by atoms with Crippen molar-refractivity contribution in [1.82, 2.24) is 0 Å². The largest absolute Gasteiger partial charge is 0.416 e. The molecule has 10 atom stereocenters. The average Bonchev–Trinajstić information content (AvgIpc) is 3.51. The second-order valence-corrected chi connectivity index (χ2v) is 27.4. The van der Waals surface area contributed by atoms with E-state index in [1.165, 1.54) is 32.1 Å². The summed E-state index contributed by atoms with van der Waals surface area (Å²) in [6.45, 7) is 29.8. The summed E-state index contributed by atoms with van der Waals surface area (Å²) in [5.41, 5.74) is 2.07. The molecule has 4 saturated carbocycles. The van der Waals surface area contributed by atoms with E-state index in [-0.39, 0.29) is 27.0 Å². The van der Waals surface area contributed by atoms with Gasteiger partial charge in [0.1, 0.15) is 0 Å². The van der Waals surface area contributed by atoms with Crippen molar-refractivity contribution in [2.75, 3.05) is 6.61 Å². The molecule has 0 aromatic rings. The van der Waals surface area contributed by atoms with Crippen LogP contribution in [0, 0.1) is 46.3 Å². The molecule has 38 heavy (non-hydrogen) atoms. The van der Waals surface area contributed by atoms with Crippen molar-refractivity contribution in [1.29, 1.82) is 0 Å². The molecule has 5 aliphatic rings. The summed E-state index contributed by atoms with van der Waals surface area (Å²) in [4.78, 5) is 0. The molecule has 0 amide bonds. The van der Waals surface area contributed by atoms with Crippen molar-refractivity contribution in [3.05, 3.63) is 11.6 Å². The van der Waals surface area contributed by atoms with E-state index in [9.17, 15) is 5.11 Å². The van der Waals surface area contributed by atoms with E-state index in [1.807, 2.05) is 0 Å². The minimum atomic E-state index is -1.84. The summed E-state index contributed by atoms with van der Waals surface area (Å²) in [6, 6.07) is 0. The van der Waals surface area contributed by atoms with Crippen molar-refractivity contribution < 1.29 is 14.0 Å². The van der Waals surface area contributed by atoms with E-state index >= 15 is 0 Å². The number of aliphatic hydroxyl groups is 1. The van der Waals surface area contributed by atoms with E-state index < -0.39 is 16.6 Å². The van der Waals surface area contributed by atoms with E-state index in [2.05, 4.69) is 87.7 Å². The Hall–Kier alpha value is 0.0538. The maximum atomic E-state index is 11.4. The molecule has 0 aromatic carbocycles. The number of rotatable bonds is 5. The van der Waals surface area contributed by atoms with Gasteiger partial charge in [0.05, 0.1) is 6.10 Å². The van der Waals surface area contributed by atoms with Gasteiger partial charge in [-0.3, -0.25) is 0 Å². The molecule has 0 spiro atoms. The Balaban J connectivity index is 1.48. The molecule has 4 fully saturated rings. The summed E-state index contributed by atoms with van der Waals surface area (Å²) >= 11 is 0. The molecule has 0 radical (unpaired) electrons. The minimum absolute atomic E-state index is 0.0904. The molecule has 0 aromatic heterocycles. The lowest BCUT2D eigenvalue weighted by atomic mass is 9.45. The third-order valence-electron chi connectivity index (χ3n) is 13.7. The third-order valence-corrected chi connectivity index (χ3v) is 22.7. The zero-order chi connectivity index (χ0) is 28.3. The molecule has 5 aliphatic carbocycles. The maximum Gasteiger partial charge on any atom is 0.192 e. The molecule has 218 valence electrons. The van der Waals surface area contributed by atoms with Gasteiger partial charge in [-0.1, -0.05) is 67.0 Å². The van der Waals surface area contributed by atoms with Gasteiger partial charge >= 0.3 is 0 Å². The molecule has 0 aliphatic heterocycles. The third kappa shape index (κ3) is 4.52. The summed E-state index contributed by atoms with van der Waals surface area (Å²) in [5, 5.41) is 11.9. The average molecular weight is 561 g/mol. The lowest BCUT2D eigenvalue weighted by Gasteiger charge is -2.61. The zero-order valence-corrected chi connectivity index (χ0v) is 28.9. The summed E-state index contributed by atoms with van der Waals surface area (Å²) < 4.78 is 14.0. The van der Waals surface area contributed by atoms with Crippen molar-refractivity contribution >= 4 is 16.6 Å². The highest BCUT2D eigenvalue weighted by atomic mass is 28.4. The summed E-state index contributed by atoms with van der Waals surface area (Å²) in [5.74, 6) is 3.81. The fourth-order valence-corrected chi connectivity index (χ4v) is 11.5. The molecule has 3 nitrogen and oxygen atoms in total. The molecular weight excluding hydrogens is 501 g/mol. The molecular formula is C33H60O3Si2. The predicted octanol–water partition coefficient (Wildman–Crippen LogP) is 8.80. The Kier molecular flexibility index (Phi) is 7.02. The van der Waals surface area contributed by atoms with Gasteiger partial charge in [0.15, 0.2) is 16.6 Å². The van der Waals surface area contributed by atoms with Crippen molar-refractivity contribution in [3.8, 4) is 0 Å². The highest BCUT2D eigenvalue weighted by Gasteiger charge is 2.71. The van der Waals surface area contributed by atoms with Gasteiger partial charge in [-0.05, 0) is 115 Å². The molecule has 1 N–H and O–H groups in total. The Morgan fingerprint density at radius 2 is 1.55 bits per heavy atom. The van der Waals surface area contributed by atoms with Gasteiger partial charge in [0, 0.05) is 18.6 Å². The smallest absolute Gasteiger partial charge is 0.192 e. The van der Waals surface area contributed by atoms with E-state index in [4.69, 9.17) is 8.85 Å². The Labute approximate surface area is 237 Å². The van der Waals surface area contributed by atoms with Crippen LogP contribution < -0.4 is 0 Å². The summed E-state index contributed by atoms with van der Waals surface area (Å²) in [7, 11) is -3.64. The maximum absolute atomic E-state index is 11.4. The van der Waals surface area contributed by atoms with Crippen LogP contribution in [0.2, 0.25) is 36.3 Å². The molecule has 0 saturated heterocycles. The van der Waals surface area contributed by atoms with Crippen molar-refractivity contribution in [3.63, 3.8) is 0 Å². The minimum Gasteiger partial charge on any atom is -0.416 e. The topological polar surface area (TPSA) is 38.7 Å². The Morgan fingerprint density at radius 3 is 2.16 bits per heavy atom. The quantitative estimate of drug-likeness (QED) is 0.270. The van der Waals surface area contributed by atoms with Crippen LogP contribution in [0.4, 0.5) is 0 Å². The number of hydrogen-bond acceptors (Lipinski definition) is 3. The monoisotopic (exact) mass is 560 g/mol. The van der Waals surface area contributed by atoms with Crippen LogP contribution in [0.15, 0.2) is 11.6 Å². The van der Waals surface area contributed by atoms with Crippen LogP contribution in [0.25, 0.3) is 0 Å². The van der Waals surface area contributed by atoms with Gasteiger partial charge in [-0.25, -0.2) is 0 Å². The normalized spacial score (nSPS) is 45.0. The summed E-state index contributed by atoms with van der Waals surface area (Å²) in [6.07, 6.45) is 10.3. The molecule has 0 bridgehead atoms. The van der Waals surface area contributed by atoms with Crippen molar-refractivity contribution in [2.24, 2.45) is 46.3 Å². The van der Waals surface area contributed by atoms with Crippen LogP contribution in [0.1, 0.15) is 93.9 Å². The molecule has 5 heteroatoms. The fourth-order valence-electron chi connectivity index (χ4n) is 9.07. The number of fused-ring (bicyclic) bond motifs is 7. The van der Waals surface area contributed by atoms with Crippen LogP contribution in [0.3, 0.4) is 0 Å². The van der Waals surface area contributed by atoms with E-state index in [1.54, 1.807) is 5.57 Å². The SMILES string of the molecule is CC(C)(C)[Si](C)(C)OC[C@H]1C=C2C[C@@H](O[Si](C)(C)C(C)(C)C)CC[C@]2(C)[C@H]2CC[C@@]3(C)[C@@H]([C@@H]4C[C@@H]4[C@@H]3O)[C@H]12. The lowest BCUT2D eigenvalue weighted by Crippen LogP contribution is -2.56. The standard InChI is InChI=1S/C33H60O3Si2/c1-30(2,3)37(9,10)35-20-21-17-22-18-23(36-38(11,12)31(4,5)6)13-15-32(22,7)26-14-16-33(8)28(27(21)26)24-19-25(24)29(33)34/h17,21,23-29,34H,13-16,18-20H2,1-12H3/t21-,23+,24-,25+,26+,27-,28+,29+,32+,33+/m1/s1. The van der Waals surface area contributed by atoms with Gasteiger partial charge in [0.2, 0.25) is 0 Å². The van der Waals surface area contributed by atoms with E-state index in [0.29, 0.717) is 35.7 Å². The Bertz CT molecular complexity index is 958. The first-order valence-electron chi connectivity index (χ1n) is 15.9. The van der Waals surface area contributed by atoms with Crippen LogP contribution >= 0.6 is 0 Å². The first-order valence-corrected chi connectivity index (χ1v) is 21.8. The van der Waals surface area contributed by atoms with Gasteiger partial charge in [0.25, 0.3) is 0 Å².